The Balaban J connectivity index is 2.33. The van der Waals surface area contributed by atoms with Crippen LogP contribution in [0.2, 0.25) is 0 Å². The van der Waals surface area contributed by atoms with Crippen LogP contribution in [0.1, 0.15) is 26.3 Å². The molecule has 88 valence electrons. The minimum atomic E-state index is 0.172. The van der Waals surface area contributed by atoms with Gasteiger partial charge in [0.1, 0.15) is 5.82 Å². The molecular formula is C14H17N3. The second kappa shape index (κ2) is 4.17. The second-order valence-electron chi connectivity index (χ2n) is 5.15. The first-order chi connectivity index (χ1) is 7.97. The van der Waals surface area contributed by atoms with Crippen molar-refractivity contribution < 1.29 is 0 Å². The SMILES string of the molecule is CC(C)(C)c1ccc(-c2cnc(N)cn2)cc1. The van der Waals surface area contributed by atoms with Crippen LogP contribution in [-0.4, -0.2) is 9.97 Å². The molecule has 17 heavy (non-hydrogen) atoms. The van der Waals surface area contributed by atoms with E-state index in [1.807, 2.05) is 0 Å². The number of nitrogens with zero attached hydrogens (tertiary/aromatic N) is 2. The molecule has 2 N–H and O–H groups in total. The van der Waals surface area contributed by atoms with Crippen molar-refractivity contribution >= 4 is 5.82 Å². The molecule has 0 bridgehead atoms. The third kappa shape index (κ3) is 2.61. The van der Waals surface area contributed by atoms with Gasteiger partial charge in [-0.15, -0.1) is 0 Å². The molecule has 0 saturated carbocycles. The first-order valence-corrected chi connectivity index (χ1v) is 5.65. The van der Waals surface area contributed by atoms with E-state index in [0.717, 1.165) is 11.3 Å². The van der Waals surface area contributed by atoms with Gasteiger partial charge < -0.3 is 5.73 Å². The molecule has 0 unspecified atom stereocenters. The fraction of sp³-hybridized carbons (Fsp3) is 0.286. The highest BCUT2D eigenvalue weighted by molar-refractivity contribution is 5.59. The van der Waals surface area contributed by atoms with Gasteiger partial charge in [-0.1, -0.05) is 45.0 Å². The van der Waals surface area contributed by atoms with E-state index in [9.17, 15) is 0 Å². The lowest BCUT2D eigenvalue weighted by molar-refractivity contribution is 0.590. The molecule has 3 heteroatoms. The normalized spacial score (nSPS) is 11.5. The first kappa shape index (κ1) is 11.6. The van der Waals surface area contributed by atoms with Crippen LogP contribution >= 0.6 is 0 Å². The van der Waals surface area contributed by atoms with Crippen molar-refractivity contribution in [1.29, 1.82) is 0 Å². The number of benzene rings is 1. The Hall–Kier alpha value is -1.90. The maximum atomic E-state index is 5.51. The van der Waals surface area contributed by atoms with E-state index < -0.39 is 0 Å². The van der Waals surface area contributed by atoms with Crippen LogP contribution in [-0.2, 0) is 5.41 Å². The molecule has 0 aliphatic heterocycles. The predicted octanol–water partition coefficient (Wildman–Crippen LogP) is 3.02. The molecule has 0 amide bonds. The van der Waals surface area contributed by atoms with Crippen molar-refractivity contribution in [3.8, 4) is 11.3 Å². The molecular weight excluding hydrogens is 210 g/mol. The summed E-state index contributed by atoms with van der Waals surface area (Å²) in [5.74, 6) is 0.445. The summed E-state index contributed by atoms with van der Waals surface area (Å²) in [6.45, 7) is 6.60. The summed E-state index contributed by atoms with van der Waals surface area (Å²) in [5.41, 5.74) is 8.90. The van der Waals surface area contributed by atoms with Gasteiger partial charge in [-0.25, -0.2) is 4.98 Å². The molecule has 1 aromatic heterocycles. The maximum absolute atomic E-state index is 5.51. The molecule has 2 rings (SSSR count). The summed E-state index contributed by atoms with van der Waals surface area (Å²) in [6, 6.07) is 8.41. The van der Waals surface area contributed by atoms with Gasteiger partial charge in [0.25, 0.3) is 0 Å². The Morgan fingerprint density at radius 3 is 2.06 bits per heavy atom. The zero-order chi connectivity index (χ0) is 12.5. The highest BCUT2D eigenvalue weighted by Gasteiger charge is 2.13. The van der Waals surface area contributed by atoms with Gasteiger partial charge in [-0.2, -0.15) is 0 Å². The van der Waals surface area contributed by atoms with E-state index in [0.29, 0.717) is 5.82 Å². The highest BCUT2D eigenvalue weighted by Crippen LogP contribution is 2.25. The van der Waals surface area contributed by atoms with Crippen LogP contribution < -0.4 is 5.73 Å². The molecule has 3 nitrogen and oxygen atoms in total. The minimum Gasteiger partial charge on any atom is -0.382 e. The van der Waals surface area contributed by atoms with Crippen molar-refractivity contribution in [2.45, 2.75) is 26.2 Å². The van der Waals surface area contributed by atoms with E-state index in [4.69, 9.17) is 5.73 Å². The molecule has 0 atom stereocenters. The zero-order valence-electron chi connectivity index (χ0n) is 10.4. The second-order valence-corrected chi connectivity index (χ2v) is 5.15. The van der Waals surface area contributed by atoms with Gasteiger partial charge in [0.05, 0.1) is 18.1 Å². The van der Waals surface area contributed by atoms with Gasteiger partial charge in [-0.3, -0.25) is 4.98 Å². The van der Waals surface area contributed by atoms with Gasteiger partial charge >= 0.3 is 0 Å². The molecule has 0 radical (unpaired) electrons. The van der Waals surface area contributed by atoms with Crippen molar-refractivity contribution in [2.24, 2.45) is 0 Å². The molecule has 0 aliphatic rings. The molecule has 0 saturated heterocycles. The maximum Gasteiger partial charge on any atom is 0.141 e. The Bertz CT molecular complexity index is 492. The molecule has 0 fully saturated rings. The number of aromatic nitrogens is 2. The van der Waals surface area contributed by atoms with Crippen molar-refractivity contribution in [3.05, 3.63) is 42.2 Å². The van der Waals surface area contributed by atoms with Gasteiger partial charge in [0, 0.05) is 5.56 Å². The van der Waals surface area contributed by atoms with Crippen molar-refractivity contribution in [1.82, 2.24) is 9.97 Å². The quantitative estimate of drug-likeness (QED) is 0.814. The lowest BCUT2D eigenvalue weighted by atomic mass is 9.86. The van der Waals surface area contributed by atoms with Crippen LogP contribution in [0.5, 0.6) is 0 Å². The standard InChI is InChI=1S/C14H17N3/c1-14(2,3)11-6-4-10(5-7-11)12-8-17-13(15)9-16-12/h4-9H,1-3H3,(H2,15,17). The summed E-state index contributed by atoms with van der Waals surface area (Å²) in [4.78, 5) is 8.29. The molecule has 0 spiro atoms. The number of nitrogen functional groups attached to an aromatic ring is 1. The summed E-state index contributed by atoms with van der Waals surface area (Å²) in [7, 11) is 0. The van der Waals surface area contributed by atoms with E-state index in [-0.39, 0.29) is 5.41 Å². The molecule has 0 aliphatic carbocycles. The largest absolute Gasteiger partial charge is 0.382 e. The monoisotopic (exact) mass is 227 g/mol. The fourth-order valence-corrected chi connectivity index (χ4v) is 1.63. The lowest BCUT2D eigenvalue weighted by Gasteiger charge is -2.19. The average Bonchev–Trinajstić information content (AvgIpc) is 2.29. The van der Waals surface area contributed by atoms with E-state index in [2.05, 4.69) is 55.0 Å². The highest BCUT2D eigenvalue weighted by atomic mass is 14.9. The minimum absolute atomic E-state index is 0.172. The van der Waals surface area contributed by atoms with Gasteiger partial charge in [-0.05, 0) is 11.0 Å². The van der Waals surface area contributed by atoms with Crippen LogP contribution in [0.4, 0.5) is 5.82 Å². The zero-order valence-corrected chi connectivity index (χ0v) is 10.4. The number of hydrogen-bond donors (Lipinski definition) is 1. The van der Waals surface area contributed by atoms with Crippen LogP contribution in [0, 0.1) is 0 Å². The lowest BCUT2D eigenvalue weighted by Crippen LogP contribution is -2.10. The Kier molecular flexibility index (Phi) is 2.84. The topological polar surface area (TPSA) is 51.8 Å². The summed E-state index contributed by atoms with van der Waals surface area (Å²) < 4.78 is 0. The van der Waals surface area contributed by atoms with Gasteiger partial charge in [0.2, 0.25) is 0 Å². The Morgan fingerprint density at radius 1 is 0.941 bits per heavy atom. The molecule has 1 aromatic carbocycles. The van der Waals surface area contributed by atoms with E-state index in [1.165, 1.54) is 5.56 Å². The number of hydrogen-bond acceptors (Lipinski definition) is 3. The molecule has 2 aromatic rings. The third-order valence-electron chi connectivity index (χ3n) is 2.72. The Labute approximate surface area is 102 Å². The third-order valence-corrected chi connectivity index (χ3v) is 2.72. The van der Waals surface area contributed by atoms with E-state index in [1.54, 1.807) is 12.4 Å². The first-order valence-electron chi connectivity index (χ1n) is 5.65. The van der Waals surface area contributed by atoms with Crippen LogP contribution in [0.15, 0.2) is 36.7 Å². The fourth-order valence-electron chi connectivity index (χ4n) is 1.63. The number of nitrogens with two attached hydrogens (primary N) is 1. The number of rotatable bonds is 1. The van der Waals surface area contributed by atoms with Gasteiger partial charge in [0.15, 0.2) is 0 Å². The average molecular weight is 227 g/mol. The summed E-state index contributed by atoms with van der Waals surface area (Å²) >= 11 is 0. The van der Waals surface area contributed by atoms with Crippen LogP contribution in [0.3, 0.4) is 0 Å². The van der Waals surface area contributed by atoms with E-state index >= 15 is 0 Å². The van der Waals surface area contributed by atoms with Crippen molar-refractivity contribution in [3.63, 3.8) is 0 Å². The Morgan fingerprint density at radius 2 is 1.59 bits per heavy atom. The predicted molar refractivity (Wildman–Crippen MR) is 70.6 cm³/mol. The van der Waals surface area contributed by atoms with Crippen molar-refractivity contribution in [2.75, 3.05) is 5.73 Å². The summed E-state index contributed by atoms with van der Waals surface area (Å²) in [5, 5.41) is 0. The summed E-state index contributed by atoms with van der Waals surface area (Å²) in [6.07, 6.45) is 3.27. The van der Waals surface area contributed by atoms with Crippen LogP contribution in [0.25, 0.3) is 11.3 Å². The molecule has 1 heterocycles. The number of anilines is 1. The smallest absolute Gasteiger partial charge is 0.141 e.